The molecule has 27 heavy (non-hydrogen) atoms. The molecule has 1 aromatic carbocycles. The van der Waals surface area contributed by atoms with Crippen molar-refractivity contribution in [2.24, 2.45) is 5.84 Å². The highest BCUT2D eigenvalue weighted by atomic mass is 35.5. The SMILES string of the molecule is C=C(/C=C\N(C)N)COc1c(C)nn2c(-c3ccc(Cl)cc3Cl)c(C)oc12. The second-order valence-electron chi connectivity index (χ2n) is 6.19. The predicted molar refractivity (Wildman–Crippen MR) is 108 cm³/mol. The van der Waals surface area contributed by atoms with Crippen molar-refractivity contribution < 1.29 is 9.15 Å². The van der Waals surface area contributed by atoms with Gasteiger partial charge in [0.25, 0.3) is 5.71 Å². The van der Waals surface area contributed by atoms with E-state index in [1.54, 1.807) is 36.0 Å². The average molecular weight is 407 g/mol. The molecule has 2 aromatic heterocycles. The van der Waals surface area contributed by atoms with Gasteiger partial charge in [-0.05, 0) is 43.7 Å². The maximum Gasteiger partial charge on any atom is 0.266 e. The number of halogens is 2. The van der Waals surface area contributed by atoms with Crippen molar-refractivity contribution in [3.8, 4) is 17.0 Å². The fourth-order valence-electron chi connectivity index (χ4n) is 2.66. The third kappa shape index (κ3) is 3.98. The van der Waals surface area contributed by atoms with E-state index < -0.39 is 0 Å². The lowest BCUT2D eigenvalue weighted by Gasteiger charge is -2.06. The van der Waals surface area contributed by atoms with Crippen molar-refractivity contribution in [3.63, 3.8) is 0 Å². The summed E-state index contributed by atoms with van der Waals surface area (Å²) in [4.78, 5) is 0. The minimum absolute atomic E-state index is 0.281. The fourth-order valence-corrected chi connectivity index (χ4v) is 3.16. The van der Waals surface area contributed by atoms with Crippen LogP contribution in [-0.2, 0) is 0 Å². The van der Waals surface area contributed by atoms with Gasteiger partial charge in [-0.25, -0.2) is 5.84 Å². The molecule has 0 fully saturated rings. The molecule has 8 heteroatoms. The fraction of sp³-hybridized carbons (Fsp3) is 0.211. The van der Waals surface area contributed by atoms with E-state index in [9.17, 15) is 0 Å². The zero-order valence-corrected chi connectivity index (χ0v) is 16.8. The summed E-state index contributed by atoms with van der Waals surface area (Å²) in [5, 5.41) is 7.08. The molecule has 0 radical (unpaired) electrons. The Bertz CT molecular complexity index is 1030. The summed E-state index contributed by atoms with van der Waals surface area (Å²) in [5.74, 6) is 6.78. The van der Waals surface area contributed by atoms with Gasteiger partial charge in [-0.15, -0.1) is 0 Å². The largest absolute Gasteiger partial charge is 0.482 e. The summed E-state index contributed by atoms with van der Waals surface area (Å²) in [5.41, 5.74) is 3.51. The highest BCUT2D eigenvalue weighted by Crippen LogP contribution is 2.37. The van der Waals surface area contributed by atoms with Crippen molar-refractivity contribution in [2.45, 2.75) is 13.8 Å². The van der Waals surface area contributed by atoms with Gasteiger partial charge in [0.05, 0.1) is 5.02 Å². The lowest BCUT2D eigenvalue weighted by molar-refractivity contribution is 0.350. The van der Waals surface area contributed by atoms with E-state index in [1.807, 2.05) is 19.9 Å². The normalized spacial score (nSPS) is 11.5. The van der Waals surface area contributed by atoms with Crippen LogP contribution in [0.25, 0.3) is 17.0 Å². The molecule has 6 nitrogen and oxygen atoms in total. The third-order valence-electron chi connectivity index (χ3n) is 3.89. The average Bonchev–Trinajstić information content (AvgIpc) is 3.05. The number of rotatable bonds is 6. The number of hydrazine groups is 1. The van der Waals surface area contributed by atoms with Crippen LogP contribution in [0.3, 0.4) is 0 Å². The van der Waals surface area contributed by atoms with Crippen LogP contribution in [0.1, 0.15) is 11.5 Å². The number of ether oxygens (including phenoxy) is 1. The number of aryl methyl sites for hydroxylation is 2. The summed E-state index contributed by atoms with van der Waals surface area (Å²) < 4.78 is 13.5. The van der Waals surface area contributed by atoms with Crippen LogP contribution in [-0.4, -0.2) is 28.3 Å². The zero-order valence-electron chi connectivity index (χ0n) is 15.3. The Kier molecular flexibility index (Phi) is 5.51. The second-order valence-corrected chi connectivity index (χ2v) is 7.03. The molecular weight excluding hydrogens is 387 g/mol. The number of fused-ring (bicyclic) bond motifs is 1. The number of oxazole rings is 1. The van der Waals surface area contributed by atoms with Gasteiger partial charge in [0.15, 0.2) is 0 Å². The van der Waals surface area contributed by atoms with Gasteiger partial charge >= 0.3 is 0 Å². The Balaban J connectivity index is 1.96. The quantitative estimate of drug-likeness (QED) is 0.362. The lowest BCUT2D eigenvalue weighted by Crippen LogP contribution is -2.18. The molecule has 0 saturated heterocycles. The summed E-state index contributed by atoms with van der Waals surface area (Å²) >= 11 is 12.4. The molecule has 0 saturated carbocycles. The lowest BCUT2D eigenvalue weighted by atomic mass is 10.1. The molecule has 0 spiro atoms. The number of aromatic nitrogens is 2. The minimum atomic E-state index is 0.281. The summed E-state index contributed by atoms with van der Waals surface area (Å²) in [7, 11) is 1.73. The molecule has 3 aromatic rings. The van der Waals surface area contributed by atoms with Gasteiger partial charge in [0, 0.05) is 23.8 Å². The monoisotopic (exact) mass is 406 g/mol. The van der Waals surface area contributed by atoms with Gasteiger partial charge < -0.3 is 14.2 Å². The second kappa shape index (κ2) is 7.68. The number of nitrogens with two attached hydrogens (primary N) is 1. The molecule has 0 amide bonds. The van der Waals surface area contributed by atoms with Crippen molar-refractivity contribution >= 4 is 28.9 Å². The van der Waals surface area contributed by atoms with Crippen LogP contribution >= 0.6 is 23.2 Å². The van der Waals surface area contributed by atoms with E-state index >= 15 is 0 Å². The Morgan fingerprint density at radius 1 is 1.41 bits per heavy atom. The van der Waals surface area contributed by atoms with E-state index in [2.05, 4.69) is 11.7 Å². The van der Waals surface area contributed by atoms with Gasteiger partial charge in [-0.1, -0.05) is 29.8 Å². The molecule has 142 valence electrons. The smallest absolute Gasteiger partial charge is 0.266 e. The Hall–Kier alpha value is -2.41. The first kappa shape index (κ1) is 19.4. The van der Waals surface area contributed by atoms with Crippen molar-refractivity contribution in [2.75, 3.05) is 13.7 Å². The highest BCUT2D eigenvalue weighted by molar-refractivity contribution is 6.36. The van der Waals surface area contributed by atoms with Gasteiger partial charge in [0.1, 0.15) is 23.8 Å². The van der Waals surface area contributed by atoms with E-state index in [-0.39, 0.29) is 6.61 Å². The number of hydrogen-bond donors (Lipinski definition) is 1. The number of benzene rings is 1. The van der Waals surface area contributed by atoms with Crippen molar-refractivity contribution in [1.29, 1.82) is 0 Å². The van der Waals surface area contributed by atoms with E-state index in [4.69, 9.17) is 38.2 Å². The van der Waals surface area contributed by atoms with E-state index in [1.165, 1.54) is 5.01 Å². The van der Waals surface area contributed by atoms with Crippen LogP contribution in [0.5, 0.6) is 5.75 Å². The van der Waals surface area contributed by atoms with Gasteiger partial charge in [0.2, 0.25) is 5.75 Å². The Morgan fingerprint density at radius 2 is 2.15 bits per heavy atom. The molecule has 2 heterocycles. The molecule has 0 atom stereocenters. The molecule has 0 unspecified atom stereocenters. The Labute approximate surface area is 167 Å². The van der Waals surface area contributed by atoms with Crippen LogP contribution in [0.4, 0.5) is 0 Å². The van der Waals surface area contributed by atoms with E-state index in [0.717, 1.165) is 16.8 Å². The van der Waals surface area contributed by atoms with Crippen LogP contribution in [0, 0.1) is 13.8 Å². The molecule has 2 N–H and O–H groups in total. The van der Waals surface area contributed by atoms with Crippen LogP contribution < -0.4 is 10.6 Å². The first-order valence-electron chi connectivity index (χ1n) is 8.18. The number of nitrogens with zero attached hydrogens (tertiary/aromatic N) is 3. The topological polar surface area (TPSA) is 68.9 Å². The molecule has 0 aliphatic heterocycles. The summed E-state index contributed by atoms with van der Waals surface area (Å²) in [6.07, 6.45) is 3.48. The third-order valence-corrected chi connectivity index (χ3v) is 4.44. The van der Waals surface area contributed by atoms with Gasteiger partial charge in [-0.3, -0.25) is 0 Å². The summed E-state index contributed by atoms with van der Waals surface area (Å²) in [6, 6.07) is 5.31. The highest BCUT2D eigenvalue weighted by Gasteiger charge is 2.22. The number of hydrogen-bond acceptors (Lipinski definition) is 5. The standard InChI is InChI=1S/C19H20Cl2N4O2/c1-11(7-8-24(4)22)10-26-18-12(2)23-25-17(13(3)27-19(18)25)15-6-5-14(20)9-16(15)21/h5-9H,1,10,22H2,2-4H3/b8-7-. The van der Waals surface area contributed by atoms with Crippen molar-refractivity contribution in [3.05, 3.63) is 64.1 Å². The van der Waals surface area contributed by atoms with Crippen LogP contribution in [0.15, 0.2) is 47.0 Å². The minimum Gasteiger partial charge on any atom is -0.482 e. The maximum atomic E-state index is 6.37. The maximum absolute atomic E-state index is 6.37. The van der Waals surface area contributed by atoms with Crippen molar-refractivity contribution in [1.82, 2.24) is 14.6 Å². The summed E-state index contributed by atoms with van der Waals surface area (Å²) in [6.45, 7) is 7.93. The Morgan fingerprint density at radius 3 is 2.81 bits per heavy atom. The molecule has 0 aliphatic rings. The van der Waals surface area contributed by atoms with E-state index in [0.29, 0.717) is 33.0 Å². The first-order valence-corrected chi connectivity index (χ1v) is 8.94. The molecule has 0 aliphatic carbocycles. The molecule has 3 rings (SSSR count). The molecular formula is C19H20Cl2N4O2. The first-order chi connectivity index (χ1) is 12.8. The van der Waals surface area contributed by atoms with Crippen LogP contribution in [0.2, 0.25) is 10.0 Å². The predicted octanol–water partition coefficient (Wildman–Crippen LogP) is 4.77. The van der Waals surface area contributed by atoms with Gasteiger partial charge in [-0.2, -0.15) is 9.61 Å². The molecule has 0 bridgehead atoms. The zero-order chi connectivity index (χ0) is 19.7.